The van der Waals surface area contributed by atoms with Gasteiger partial charge in [0.25, 0.3) is 0 Å². The Labute approximate surface area is 206 Å². The van der Waals surface area contributed by atoms with Gasteiger partial charge in [-0.15, -0.1) is 0 Å². The minimum absolute atomic E-state index is 0.462. The number of fused-ring (bicyclic) bond motifs is 1. The van der Waals surface area contributed by atoms with Crippen LogP contribution in [0.25, 0.3) is 11.4 Å². The van der Waals surface area contributed by atoms with Crippen molar-refractivity contribution in [3.05, 3.63) is 81.7 Å². The Kier molecular flexibility index (Phi) is 7.83. The maximum Gasteiger partial charge on any atom is 0.160 e. The van der Waals surface area contributed by atoms with Crippen molar-refractivity contribution >= 4 is 0 Å². The van der Waals surface area contributed by atoms with Gasteiger partial charge in [0.05, 0.1) is 0 Å². The van der Waals surface area contributed by atoms with Crippen LogP contribution in [0.15, 0.2) is 42.5 Å². The molecule has 0 bridgehead atoms. The molecule has 0 fully saturated rings. The highest BCUT2D eigenvalue weighted by molar-refractivity contribution is 5.65. The molecule has 1 heterocycles. The summed E-state index contributed by atoms with van der Waals surface area (Å²) >= 11 is 0. The molecular weight excluding hydrogens is 414 g/mol. The first-order chi connectivity index (χ1) is 16.4. The fourth-order valence-electron chi connectivity index (χ4n) is 5.60. The first-order valence-electron chi connectivity index (χ1n) is 13.2. The SMILES string of the molecule is CCc1cccc(CC)c1-c1nc(C)c(CN(C)[C@H]2CCCc3ccccc32)c(CC(C)C)n1. The summed E-state index contributed by atoms with van der Waals surface area (Å²) in [5.41, 5.74) is 10.6. The molecule has 1 aromatic heterocycles. The Balaban J connectivity index is 1.73. The average molecular weight is 456 g/mol. The van der Waals surface area contributed by atoms with Crippen molar-refractivity contribution in [3.8, 4) is 11.4 Å². The Bertz CT molecular complexity index is 1110. The molecule has 0 saturated heterocycles. The normalized spacial score (nSPS) is 15.7. The number of hydrogen-bond acceptors (Lipinski definition) is 3. The lowest BCUT2D eigenvalue weighted by Crippen LogP contribution is -2.28. The van der Waals surface area contributed by atoms with Crippen molar-refractivity contribution in [1.82, 2.24) is 14.9 Å². The number of rotatable bonds is 8. The third kappa shape index (κ3) is 5.10. The smallest absolute Gasteiger partial charge is 0.160 e. The standard InChI is InChI=1S/C31H41N3/c1-7-23-14-11-15-24(8-2)30(23)31-32-22(5)27(28(33-31)19-21(3)4)20-34(6)29-18-12-16-25-13-9-10-17-26(25)29/h9-11,13-15,17,21,29H,7-8,12,16,18-20H2,1-6H3/t29-/m0/s1. The van der Waals surface area contributed by atoms with Crippen LogP contribution in [-0.2, 0) is 32.2 Å². The van der Waals surface area contributed by atoms with Crippen LogP contribution in [0.1, 0.15) is 85.8 Å². The fraction of sp³-hybridized carbons (Fsp3) is 0.484. The van der Waals surface area contributed by atoms with Crippen molar-refractivity contribution < 1.29 is 0 Å². The van der Waals surface area contributed by atoms with Crippen molar-refractivity contribution in [1.29, 1.82) is 0 Å². The van der Waals surface area contributed by atoms with Gasteiger partial charge in [-0.05, 0) is 80.7 Å². The van der Waals surface area contributed by atoms with Gasteiger partial charge in [0, 0.05) is 35.1 Å². The lowest BCUT2D eigenvalue weighted by Gasteiger charge is -2.34. The van der Waals surface area contributed by atoms with Gasteiger partial charge in [-0.25, -0.2) is 9.97 Å². The Morgan fingerprint density at radius 3 is 2.35 bits per heavy atom. The molecule has 0 spiro atoms. The van der Waals surface area contributed by atoms with Gasteiger partial charge >= 0.3 is 0 Å². The van der Waals surface area contributed by atoms with Gasteiger partial charge in [-0.1, -0.05) is 70.2 Å². The van der Waals surface area contributed by atoms with Crippen molar-refractivity contribution in [2.75, 3.05) is 7.05 Å². The summed E-state index contributed by atoms with van der Waals surface area (Å²) in [4.78, 5) is 12.9. The fourth-order valence-corrected chi connectivity index (χ4v) is 5.60. The van der Waals surface area contributed by atoms with E-state index in [1.54, 1.807) is 0 Å². The van der Waals surface area contributed by atoms with Gasteiger partial charge in [0.2, 0.25) is 0 Å². The molecule has 2 aromatic carbocycles. The summed E-state index contributed by atoms with van der Waals surface area (Å²) in [7, 11) is 2.28. The highest BCUT2D eigenvalue weighted by atomic mass is 15.1. The van der Waals surface area contributed by atoms with E-state index in [1.807, 2.05) is 0 Å². The van der Waals surface area contributed by atoms with E-state index in [-0.39, 0.29) is 0 Å². The van der Waals surface area contributed by atoms with E-state index < -0.39 is 0 Å². The number of benzene rings is 2. The number of aryl methyl sites for hydroxylation is 4. The molecule has 0 amide bonds. The molecular formula is C31H41N3. The van der Waals surface area contributed by atoms with E-state index in [9.17, 15) is 0 Å². The van der Waals surface area contributed by atoms with Crippen LogP contribution in [-0.4, -0.2) is 21.9 Å². The molecule has 180 valence electrons. The van der Waals surface area contributed by atoms with Crippen molar-refractivity contribution in [2.24, 2.45) is 5.92 Å². The van der Waals surface area contributed by atoms with Crippen molar-refractivity contribution in [2.45, 2.75) is 85.7 Å². The van der Waals surface area contributed by atoms with E-state index in [4.69, 9.17) is 9.97 Å². The van der Waals surface area contributed by atoms with Crippen molar-refractivity contribution in [3.63, 3.8) is 0 Å². The molecule has 3 heteroatoms. The molecule has 1 aliphatic rings. The van der Waals surface area contributed by atoms with E-state index in [0.29, 0.717) is 12.0 Å². The summed E-state index contributed by atoms with van der Waals surface area (Å²) in [6, 6.07) is 16.1. The second-order valence-corrected chi connectivity index (χ2v) is 10.3. The largest absolute Gasteiger partial charge is 0.295 e. The summed E-state index contributed by atoms with van der Waals surface area (Å²) < 4.78 is 0. The predicted molar refractivity (Wildman–Crippen MR) is 143 cm³/mol. The van der Waals surface area contributed by atoms with E-state index in [1.165, 1.54) is 58.3 Å². The number of hydrogen-bond donors (Lipinski definition) is 0. The summed E-state index contributed by atoms with van der Waals surface area (Å²) in [5, 5.41) is 0. The monoisotopic (exact) mass is 455 g/mol. The molecule has 34 heavy (non-hydrogen) atoms. The summed E-state index contributed by atoms with van der Waals surface area (Å²) in [5.74, 6) is 1.46. The zero-order chi connectivity index (χ0) is 24.2. The van der Waals surface area contributed by atoms with Crippen LogP contribution >= 0.6 is 0 Å². The van der Waals surface area contributed by atoms with Crippen LogP contribution in [0.3, 0.4) is 0 Å². The maximum absolute atomic E-state index is 5.27. The topological polar surface area (TPSA) is 29.0 Å². The third-order valence-electron chi connectivity index (χ3n) is 7.40. The molecule has 0 radical (unpaired) electrons. The molecule has 1 atom stereocenters. The highest BCUT2D eigenvalue weighted by Crippen LogP contribution is 2.35. The Morgan fingerprint density at radius 2 is 1.68 bits per heavy atom. The molecule has 3 aromatic rings. The van der Waals surface area contributed by atoms with Gasteiger partial charge in [0.15, 0.2) is 5.82 Å². The molecule has 4 rings (SSSR count). The zero-order valence-corrected chi connectivity index (χ0v) is 22.0. The predicted octanol–water partition coefficient (Wildman–Crippen LogP) is 7.28. The molecule has 0 N–H and O–H groups in total. The summed E-state index contributed by atoms with van der Waals surface area (Å²) in [6.07, 6.45) is 6.65. The maximum atomic E-state index is 5.27. The van der Waals surface area contributed by atoms with Crippen LogP contribution < -0.4 is 0 Å². The quantitative estimate of drug-likeness (QED) is 0.357. The van der Waals surface area contributed by atoms with E-state index in [2.05, 4.69) is 89.0 Å². The first-order valence-corrected chi connectivity index (χ1v) is 13.2. The van der Waals surface area contributed by atoms with E-state index >= 15 is 0 Å². The lowest BCUT2D eigenvalue weighted by atomic mass is 9.86. The van der Waals surface area contributed by atoms with Crippen LogP contribution in [0, 0.1) is 12.8 Å². The molecule has 3 nitrogen and oxygen atoms in total. The zero-order valence-electron chi connectivity index (χ0n) is 22.0. The minimum Gasteiger partial charge on any atom is -0.295 e. The van der Waals surface area contributed by atoms with Crippen LogP contribution in [0.2, 0.25) is 0 Å². The van der Waals surface area contributed by atoms with E-state index in [0.717, 1.165) is 37.3 Å². The summed E-state index contributed by atoms with van der Waals surface area (Å²) in [6.45, 7) is 12.1. The van der Waals surface area contributed by atoms with Crippen LogP contribution in [0.5, 0.6) is 0 Å². The Morgan fingerprint density at radius 1 is 0.971 bits per heavy atom. The molecule has 0 unspecified atom stereocenters. The molecule has 0 aliphatic heterocycles. The third-order valence-corrected chi connectivity index (χ3v) is 7.40. The lowest BCUT2D eigenvalue weighted by molar-refractivity contribution is 0.211. The van der Waals surface area contributed by atoms with Gasteiger partial charge in [-0.2, -0.15) is 0 Å². The minimum atomic E-state index is 0.462. The first kappa shape index (κ1) is 24.6. The average Bonchev–Trinajstić information content (AvgIpc) is 2.84. The number of aromatic nitrogens is 2. The van der Waals surface area contributed by atoms with Gasteiger partial charge in [-0.3, -0.25) is 4.90 Å². The van der Waals surface area contributed by atoms with Crippen LogP contribution in [0.4, 0.5) is 0 Å². The molecule has 1 aliphatic carbocycles. The second-order valence-electron chi connectivity index (χ2n) is 10.3. The Hall–Kier alpha value is -2.52. The second kappa shape index (κ2) is 10.8. The molecule has 0 saturated carbocycles. The van der Waals surface area contributed by atoms with Gasteiger partial charge in [0.1, 0.15) is 0 Å². The van der Waals surface area contributed by atoms with Gasteiger partial charge < -0.3 is 0 Å². The highest BCUT2D eigenvalue weighted by Gasteiger charge is 2.25. The number of nitrogens with zero attached hydrogens (tertiary/aromatic N) is 3.